The Labute approximate surface area is 153 Å². The van der Waals surface area contributed by atoms with E-state index in [2.05, 4.69) is 33.9 Å². The second-order valence-electron chi connectivity index (χ2n) is 8.72. The van der Waals surface area contributed by atoms with E-state index in [0.717, 1.165) is 31.2 Å². The molecule has 0 bridgehead atoms. The third-order valence-electron chi connectivity index (χ3n) is 5.75. The van der Waals surface area contributed by atoms with Gasteiger partial charge in [-0.1, -0.05) is 51.1 Å². The van der Waals surface area contributed by atoms with Crippen molar-refractivity contribution in [3.8, 4) is 0 Å². The summed E-state index contributed by atoms with van der Waals surface area (Å²) in [7, 11) is -1.82. The Morgan fingerprint density at radius 3 is 2.44 bits per heavy atom. The molecule has 140 valence electrons. The number of carboxylic acid groups (broad SMARTS) is 1. The maximum Gasteiger partial charge on any atom is 0.407 e. The van der Waals surface area contributed by atoms with Crippen molar-refractivity contribution in [3.05, 3.63) is 35.9 Å². The van der Waals surface area contributed by atoms with Crippen molar-refractivity contribution in [1.29, 1.82) is 0 Å². The average Bonchev–Trinajstić information content (AvgIpc) is 2.52. The van der Waals surface area contributed by atoms with Crippen molar-refractivity contribution in [2.24, 2.45) is 0 Å². The summed E-state index contributed by atoms with van der Waals surface area (Å²) in [5.41, 5.74) is 1.04. The van der Waals surface area contributed by atoms with Crippen LogP contribution in [0.1, 0.15) is 52.0 Å². The lowest BCUT2D eigenvalue weighted by Gasteiger charge is -2.43. The van der Waals surface area contributed by atoms with Crippen LogP contribution in [0.15, 0.2) is 30.3 Å². The smallest absolute Gasteiger partial charge is 0.407 e. The molecular formula is C20H33NO3Si. The molecule has 1 N–H and O–H groups in total. The highest BCUT2D eigenvalue weighted by Gasteiger charge is 2.41. The van der Waals surface area contributed by atoms with Gasteiger partial charge >= 0.3 is 6.09 Å². The van der Waals surface area contributed by atoms with E-state index in [9.17, 15) is 9.90 Å². The lowest BCUT2D eigenvalue weighted by molar-refractivity contribution is 0.0615. The topological polar surface area (TPSA) is 49.8 Å². The van der Waals surface area contributed by atoms with Gasteiger partial charge in [-0.2, -0.15) is 0 Å². The quantitative estimate of drug-likeness (QED) is 0.703. The molecule has 0 saturated heterocycles. The van der Waals surface area contributed by atoms with E-state index in [0.29, 0.717) is 6.54 Å². The summed E-state index contributed by atoms with van der Waals surface area (Å²) in [4.78, 5) is 13.5. The van der Waals surface area contributed by atoms with E-state index in [1.54, 1.807) is 4.90 Å². The Balaban J connectivity index is 2.06. The maximum atomic E-state index is 11.8. The van der Waals surface area contributed by atoms with Crippen molar-refractivity contribution in [3.63, 3.8) is 0 Å². The van der Waals surface area contributed by atoms with Crippen molar-refractivity contribution >= 4 is 14.4 Å². The molecule has 1 aliphatic rings. The Morgan fingerprint density at radius 2 is 1.88 bits per heavy atom. The van der Waals surface area contributed by atoms with Crippen LogP contribution >= 0.6 is 0 Å². The predicted molar refractivity (Wildman–Crippen MR) is 104 cm³/mol. The number of nitrogens with zero attached hydrogens (tertiary/aromatic N) is 1. The van der Waals surface area contributed by atoms with Crippen LogP contribution in [-0.4, -0.2) is 36.6 Å². The molecule has 1 amide bonds. The Hall–Kier alpha value is -1.33. The summed E-state index contributed by atoms with van der Waals surface area (Å²) in [6, 6.07) is 9.89. The van der Waals surface area contributed by atoms with E-state index in [4.69, 9.17) is 4.43 Å². The van der Waals surface area contributed by atoms with Crippen LogP contribution < -0.4 is 0 Å². The molecule has 4 nitrogen and oxygen atoms in total. The second-order valence-corrected chi connectivity index (χ2v) is 13.5. The van der Waals surface area contributed by atoms with Crippen molar-refractivity contribution in [1.82, 2.24) is 4.90 Å². The van der Waals surface area contributed by atoms with Crippen LogP contribution in [0.3, 0.4) is 0 Å². The number of hydrogen-bond donors (Lipinski definition) is 1. The van der Waals surface area contributed by atoms with Gasteiger partial charge in [-0.15, -0.1) is 0 Å². The molecule has 2 atom stereocenters. The minimum Gasteiger partial charge on any atom is -0.465 e. The number of benzene rings is 1. The number of hydrogen-bond acceptors (Lipinski definition) is 2. The van der Waals surface area contributed by atoms with Gasteiger partial charge in [0.05, 0.1) is 0 Å². The van der Waals surface area contributed by atoms with Crippen LogP contribution in [-0.2, 0) is 11.0 Å². The first-order valence-electron chi connectivity index (χ1n) is 9.31. The highest BCUT2D eigenvalue weighted by molar-refractivity contribution is 6.74. The molecule has 1 aromatic carbocycles. The van der Waals surface area contributed by atoms with Crippen molar-refractivity contribution in [2.45, 2.75) is 83.3 Å². The molecule has 1 aromatic rings. The van der Waals surface area contributed by atoms with Crippen LogP contribution in [0.4, 0.5) is 4.79 Å². The molecule has 0 spiro atoms. The van der Waals surface area contributed by atoms with Gasteiger partial charge in [0.25, 0.3) is 0 Å². The van der Waals surface area contributed by atoms with E-state index < -0.39 is 14.4 Å². The summed E-state index contributed by atoms with van der Waals surface area (Å²) in [5, 5.41) is 9.91. The van der Waals surface area contributed by atoms with E-state index >= 15 is 0 Å². The third kappa shape index (κ3) is 5.32. The zero-order valence-electron chi connectivity index (χ0n) is 16.3. The van der Waals surface area contributed by atoms with Crippen LogP contribution in [0.25, 0.3) is 0 Å². The lowest BCUT2D eigenvalue weighted by atomic mass is 9.92. The molecule has 0 aliphatic heterocycles. The number of carbonyl (C=O) groups is 1. The SMILES string of the molecule is CC(C)(C)[Si](C)(C)O[C@H]1CCC[C@@H](N(Cc2ccccc2)C(=O)O)C1. The van der Waals surface area contributed by atoms with E-state index in [-0.39, 0.29) is 17.2 Å². The molecule has 1 saturated carbocycles. The summed E-state index contributed by atoms with van der Waals surface area (Å²) in [6.45, 7) is 11.7. The third-order valence-corrected chi connectivity index (χ3v) is 10.3. The van der Waals surface area contributed by atoms with Gasteiger partial charge in [-0.3, -0.25) is 0 Å². The van der Waals surface area contributed by atoms with Crippen LogP contribution in [0.2, 0.25) is 18.1 Å². The van der Waals surface area contributed by atoms with Gasteiger partial charge in [-0.05, 0) is 49.4 Å². The summed E-state index contributed by atoms with van der Waals surface area (Å²) >= 11 is 0. The highest BCUT2D eigenvalue weighted by Crippen LogP contribution is 2.39. The second kappa shape index (κ2) is 7.91. The van der Waals surface area contributed by atoms with E-state index in [1.165, 1.54) is 0 Å². The first-order chi connectivity index (χ1) is 11.6. The zero-order valence-corrected chi connectivity index (χ0v) is 17.3. The maximum absolute atomic E-state index is 11.8. The van der Waals surface area contributed by atoms with Gasteiger partial charge in [-0.25, -0.2) is 4.79 Å². The van der Waals surface area contributed by atoms with Gasteiger partial charge in [0.2, 0.25) is 0 Å². The molecule has 5 heteroatoms. The minimum absolute atomic E-state index is 0.0428. The molecule has 0 unspecified atom stereocenters. The molecule has 25 heavy (non-hydrogen) atoms. The van der Waals surface area contributed by atoms with Gasteiger partial charge in [0, 0.05) is 18.7 Å². The van der Waals surface area contributed by atoms with Crippen molar-refractivity contribution < 1.29 is 14.3 Å². The largest absolute Gasteiger partial charge is 0.465 e. The van der Waals surface area contributed by atoms with Gasteiger partial charge in [0.15, 0.2) is 8.32 Å². The molecule has 1 fully saturated rings. The zero-order chi connectivity index (χ0) is 18.7. The standard InChI is InChI=1S/C20H33NO3Si/c1-20(2,3)25(4,5)24-18-13-9-12-17(14-18)21(19(22)23)15-16-10-7-6-8-11-16/h6-8,10-11,17-18H,9,12-15H2,1-5H3,(H,22,23)/t17-,18+/m1/s1. The van der Waals surface area contributed by atoms with Gasteiger partial charge in [0.1, 0.15) is 0 Å². The van der Waals surface area contributed by atoms with Crippen LogP contribution in [0, 0.1) is 0 Å². The average molecular weight is 364 g/mol. The van der Waals surface area contributed by atoms with Crippen LogP contribution in [0.5, 0.6) is 0 Å². The minimum atomic E-state index is -1.82. The highest BCUT2D eigenvalue weighted by atomic mass is 28.4. The molecule has 0 heterocycles. The first kappa shape index (κ1) is 20.0. The number of amides is 1. The molecule has 1 aliphatic carbocycles. The Kier molecular flexibility index (Phi) is 6.33. The molecule has 0 radical (unpaired) electrons. The van der Waals surface area contributed by atoms with Crippen molar-refractivity contribution in [2.75, 3.05) is 0 Å². The normalized spacial score (nSPS) is 21.8. The fourth-order valence-electron chi connectivity index (χ4n) is 3.24. The summed E-state index contributed by atoms with van der Waals surface area (Å²) in [6.07, 6.45) is 3.16. The Morgan fingerprint density at radius 1 is 1.24 bits per heavy atom. The predicted octanol–water partition coefficient (Wildman–Crippen LogP) is 5.50. The molecular weight excluding hydrogens is 330 g/mol. The summed E-state index contributed by atoms with van der Waals surface area (Å²) < 4.78 is 6.57. The lowest BCUT2D eigenvalue weighted by Crippen LogP contribution is -2.48. The Bertz CT molecular complexity index is 568. The summed E-state index contributed by atoms with van der Waals surface area (Å²) in [5.74, 6) is 0. The fraction of sp³-hybridized carbons (Fsp3) is 0.650. The number of rotatable bonds is 5. The fourth-order valence-corrected chi connectivity index (χ4v) is 4.64. The molecule has 2 rings (SSSR count). The van der Waals surface area contributed by atoms with Gasteiger partial charge < -0.3 is 14.4 Å². The monoisotopic (exact) mass is 363 g/mol. The van der Waals surface area contributed by atoms with E-state index in [1.807, 2.05) is 30.3 Å². The molecule has 0 aromatic heterocycles. The first-order valence-corrected chi connectivity index (χ1v) is 12.2.